The van der Waals surface area contributed by atoms with Gasteiger partial charge in [-0.25, -0.2) is 4.72 Å². The van der Waals surface area contributed by atoms with E-state index < -0.39 is 10.2 Å². The van der Waals surface area contributed by atoms with E-state index in [1.807, 2.05) is 13.8 Å². The van der Waals surface area contributed by atoms with Crippen molar-refractivity contribution >= 4 is 10.2 Å². The number of nitrogens with one attached hydrogen (secondary N) is 2. The molecule has 0 heterocycles. The Hall–Kier alpha value is -0.170. The molecule has 0 aromatic heterocycles. The first-order valence-corrected chi connectivity index (χ1v) is 6.64. The minimum absolute atomic E-state index is 0.0971. The Bertz CT molecular complexity index is 273. The van der Waals surface area contributed by atoms with E-state index in [4.69, 9.17) is 5.73 Å². The molecule has 0 bridgehead atoms. The number of hydrogen-bond donors (Lipinski definition) is 3. The van der Waals surface area contributed by atoms with Crippen molar-refractivity contribution in [2.75, 3.05) is 13.1 Å². The molecule has 0 fully saturated rings. The van der Waals surface area contributed by atoms with Crippen LogP contribution in [0.1, 0.15) is 34.1 Å². The van der Waals surface area contributed by atoms with Crippen molar-refractivity contribution in [1.29, 1.82) is 0 Å². The first kappa shape index (κ1) is 14.8. The Labute approximate surface area is 93.0 Å². The van der Waals surface area contributed by atoms with Crippen molar-refractivity contribution in [3.8, 4) is 0 Å². The molecule has 0 aliphatic carbocycles. The van der Waals surface area contributed by atoms with Crippen molar-refractivity contribution in [2.45, 2.75) is 40.2 Å². The molecule has 0 saturated carbocycles. The maximum atomic E-state index is 11.4. The molecule has 5 nitrogen and oxygen atoms in total. The quantitative estimate of drug-likeness (QED) is 0.591. The van der Waals surface area contributed by atoms with E-state index in [0.717, 1.165) is 6.42 Å². The van der Waals surface area contributed by atoms with Crippen molar-refractivity contribution in [3.05, 3.63) is 0 Å². The summed E-state index contributed by atoms with van der Waals surface area (Å²) in [5.41, 5.74) is 5.33. The van der Waals surface area contributed by atoms with Gasteiger partial charge in [0.1, 0.15) is 0 Å². The lowest BCUT2D eigenvalue weighted by molar-refractivity contribution is 0.339. The summed E-state index contributed by atoms with van der Waals surface area (Å²) in [5.74, 6) is 0. The normalized spacial score (nSPS) is 13.5. The molecule has 4 N–H and O–H groups in total. The van der Waals surface area contributed by atoms with Gasteiger partial charge in [-0.1, -0.05) is 13.8 Å². The van der Waals surface area contributed by atoms with Crippen molar-refractivity contribution in [1.82, 2.24) is 9.44 Å². The fourth-order valence-electron chi connectivity index (χ4n) is 1.12. The van der Waals surface area contributed by atoms with Gasteiger partial charge < -0.3 is 5.73 Å². The minimum atomic E-state index is -3.37. The monoisotopic (exact) mass is 237 g/mol. The second kappa shape index (κ2) is 5.79. The smallest absolute Gasteiger partial charge is 0.277 e. The molecule has 0 radical (unpaired) electrons. The van der Waals surface area contributed by atoms with Gasteiger partial charge in [-0.3, -0.25) is 0 Å². The highest BCUT2D eigenvalue weighted by molar-refractivity contribution is 7.87. The highest BCUT2D eigenvalue weighted by atomic mass is 32.2. The lowest BCUT2D eigenvalue weighted by Gasteiger charge is -2.24. The zero-order chi connectivity index (χ0) is 12.1. The first-order valence-electron chi connectivity index (χ1n) is 5.15. The molecule has 0 saturated heterocycles. The number of rotatable bonds is 7. The predicted molar refractivity (Wildman–Crippen MR) is 62.6 cm³/mol. The van der Waals surface area contributed by atoms with E-state index >= 15 is 0 Å². The third kappa shape index (κ3) is 7.72. The summed E-state index contributed by atoms with van der Waals surface area (Å²) in [4.78, 5) is 0. The van der Waals surface area contributed by atoms with Crippen LogP contribution in [0.15, 0.2) is 0 Å². The van der Waals surface area contributed by atoms with Crippen LogP contribution in [0, 0.1) is 5.41 Å². The molecular formula is C9H23N3O2S. The fourth-order valence-corrected chi connectivity index (χ4v) is 2.41. The van der Waals surface area contributed by atoms with Crippen LogP contribution in [0.3, 0.4) is 0 Å². The van der Waals surface area contributed by atoms with Gasteiger partial charge in [0.05, 0.1) is 0 Å². The summed E-state index contributed by atoms with van der Waals surface area (Å²) >= 11 is 0. The highest BCUT2D eigenvalue weighted by Crippen LogP contribution is 2.17. The van der Waals surface area contributed by atoms with Crippen LogP contribution in [-0.4, -0.2) is 27.5 Å². The zero-order valence-corrected chi connectivity index (χ0v) is 10.8. The molecule has 0 spiro atoms. The van der Waals surface area contributed by atoms with Gasteiger partial charge in [0, 0.05) is 12.6 Å². The summed E-state index contributed by atoms with van der Waals surface area (Å²) in [6, 6.07) is -0.0971. The lowest BCUT2D eigenvalue weighted by atomic mass is 9.90. The van der Waals surface area contributed by atoms with Gasteiger partial charge in [-0.05, 0) is 32.2 Å². The number of hydrogen-bond acceptors (Lipinski definition) is 3. The molecule has 0 aromatic carbocycles. The molecule has 15 heavy (non-hydrogen) atoms. The standard InChI is InChI=1S/C9H23N3O2S/c1-8(2)12-15(13,14)11-7-9(3,4)5-6-10/h8,11-12H,5-7,10H2,1-4H3. The molecule has 0 atom stereocenters. The molecule has 6 heteroatoms. The van der Waals surface area contributed by atoms with Gasteiger partial charge in [-0.15, -0.1) is 0 Å². The van der Waals surface area contributed by atoms with Gasteiger partial charge >= 0.3 is 0 Å². The lowest BCUT2D eigenvalue weighted by Crippen LogP contribution is -2.44. The van der Waals surface area contributed by atoms with Crippen LogP contribution in [0.4, 0.5) is 0 Å². The van der Waals surface area contributed by atoms with Gasteiger partial charge in [0.15, 0.2) is 0 Å². The van der Waals surface area contributed by atoms with E-state index in [-0.39, 0.29) is 11.5 Å². The minimum Gasteiger partial charge on any atom is -0.330 e. The van der Waals surface area contributed by atoms with Crippen LogP contribution < -0.4 is 15.2 Å². The topological polar surface area (TPSA) is 84.2 Å². The average molecular weight is 237 g/mol. The SMILES string of the molecule is CC(C)NS(=O)(=O)NCC(C)(C)CCN. The van der Waals surface area contributed by atoms with E-state index in [1.54, 1.807) is 13.8 Å². The van der Waals surface area contributed by atoms with E-state index in [0.29, 0.717) is 13.1 Å². The van der Waals surface area contributed by atoms with Gasteiger partial charge in [-0.2, -0.15) is 13.1 Å². The molecule has 0 aliphatic heterocycles. The van der Waals surface area contributed by atoms with Crippen LogP contribution >= 0.6 is 0 Å². The third-order valence-corrected chi connectivity index (χ3v) is 3.26. The maximum absolute atomic E-state index is 11.4. The molecule has 0 rings (SSSR count). The van der Waals surface area contributed by atoms with Gasteiger partial charge in [0.2, 0.25) is 0 Å². The molecule has 0 amide bonds. The zero-order valence-electron chi connectivity index (χ0n) is 10.0. The van der Waals surface area contributed by atoms with E-state index in [1.165, 1.54) is 0 Å². The summed E-state index contributed by atoms with van der Waals surface area (Å²) in [5, 5.41) is 0. The Morgan fingerprint density at radius 2 is 1.87 bits per heavy atom. The largest absolute Gasteiger partial charge is 0.330 e. The van der Waals surface area contributed by atoms with Crippen LogP contribution in [-0.2, 0) is 10.2 Å². The van der Waals surface area contributed by atoms with Gasteiger partial charge in [0.25, 0.3) is 10.2 Å². The second-order valence-electron chi connectivity index (χ2n) is 4.80. The van der Waals surface area contributed by atoms with Crippen molar-refractivity contribution in [2.24, 2.45) is 11.1 Å². The Morgan fingerprint density at radius 1 is 1.33 bits per heavy atom. The third-order valence-electron chi connectivity index (χ3n) is 1.95. The fraction of sp³-hybridized carbons (Fsp3) is 1.00. The summed E-state index contributed by atoms with van der Waals surface area (Å²) < 4.78 is 27.9. The van der Waals surface area contributed by atoms with E-state index in [9.17, 15) is 8.42 Å². The first-order chi connectivity index (χ1) is 6.68. The summed E-state index contributed by atoms with van der Waals surface area (Å²) in [7, 11) is -3.37. The number of nitrogens with two attached hydrogens (primary N) is 1. The average Bonchev–Trinajstić information content (AvgIpc) is 1.99. The molecular weight excluding hydrogens is 214 g/mol. The second-order valence-corrected chi connectivity index (χ2v) is 6.33. The Kier molecular flexibility index (Phi) is 5.72. The van der Waals surface area contributed by atoms with Crippen LogP contribution in [0.2, 0.25) is 0 Å². The van der Waals surface area contributed by atoms with Crippen LogP contribution in [0.5, 0.6) is 0 Å². The van der Waals surface area contributed by atoms with E-state index in [2.05, 4.69) is 9.44 Å². The molecule has 0 aliphatic rings. The summed E-state index contributed by atoms with van der Waals surface area (Å²) in [6.07, 6.45) is 0.789. The molecule has 0 unspecified atom stereocenters. The van der Waals surface area contributed by atoms with Crippen LogP contribution in [0.25, 0.3) is 0 Å². The molecule has 92 valence electrons. The Balaban J connectivity index is 4.14. The predicted octanol–water partition coefficient (Wildman–Crippen LogP) is 0.194. The Morgan fingerprint density at radius 3 is 2.27 bits per heavy atom. The highest BCUT2D eigenvalue weighted by Gasteiger charge is 2.20. The molecule has 0 aromatic rings. The van der Waals surface area contributed by atoms with Crippen molar-refractivity contribution < 1.29 is 8.42 Å². The maximum Gasteiger partial charge on any atom is 0.277 e. The van der Waals surface area contributed by atoms with Crippen molar-refractivity contribution in [3.63, 3.8) is 0 Å². The summed E-state index contributed by atoms with van der Waals surface area (Å²) in [6.45, 7) is 8.49.